The standard InChI is InChI=1S/C15H12ClN5O3S2/c16-9-3-1-4-10(7-9)17-14-20-21-15(26-14)25-8-12(22)18-19-13(23)11-5-2-6-24-11/h1-7H,8H2,(H,17,20)(H,18,22)(H,19,23). The first kappa shape index (κ1) is 18.2. The number of anilines is 2. The largest absolute Gasteiger partial charge is 0.459 e. The van der Waals surface area contributed by atoms with Gasteiger partial charge in [0.05, 0.1) is 12.0 Å². The number of benzene rings is 1. The lowest BCUT2D eigenvalue weighted by Gasteiger charge is -2.04. The van der Waals surface area contributed by atoms with Crippen molar-refractivity contribution < 1.29 is 14.0 Å². The molecule has 2 aromatic heterocycles. The molecule has 0 aliphatic rings. The number of nitrogens with zero attached hydrogens (tertiary/aromatic N) is 2. The Morgan fingerprint density at radius 2 is 2.08 bits per heavy atom. The number of hydrogen-bond donors (Lipinski definition) is 3. The first-order chi connectivity index (χ1) is 12.6. The number of rotatable bonds is 6. The molecule has 0 spiro atoms. The van der Waals surface area contributed by atoms with Gasteiger partial charge in [-0.15, -0.1) is 10.2 Å². The van der Waals surface area contributed by atoms with Gasteiger partial charge in [0.1, 0.15) is 0 Å². The van der Waals surface area contributed by atoms with Crippen molar-refractivity contribution in [3.8, 4) is 0 Å². The molecular weight excluding hydrogens is 398 g/mol. The van der Waals surface area contributed by atoms with Crippen LogP contribution in [-0.4, -0.2) is 27.8 Å². The highest BCUT2D eigenvalue weighted by Crippen LogP contribution is 2.28. The molecule has 26 heavy (non-hydrogen) atoms. The monoisotopic (exact) mass is 409 g/mol. The smallest absolute Gasteiger partial charge is 0.305 e. The summed E-state index contributed by atoms with van der Waals surface area (Å²) in [5, 5.41) is 12.3. The average molecular weight is 410 g/mol. The Hall–Kier alpha value is -2.56. The van der Waals surface area contributed by atoms with Gasteiger partial charge in [-0.1, -0.05) is 40.8 Å². The number of halogens is 1. The van der Waals surface area contributed by atoms with Crippen molar-refractivity contribution in [1.82, 2.24) is 21.0 Å². The van der Waals surface area contributed by atoms with Crippen LogP contribution in [0.25, 0.3) is 0 Å². The molecule has 0 saturated carbocycles. The molecule has 1 aromatic carbocycles. The van der Waals surface area contributed by atoms with Gasteiger partial charge in [-0.2, -0.15) is 0 Å². The van der Waals surface area contributed by atoms with Crippen LogP contribution in [0.2, 0.25) is 5.02 Å². The lowest BCUT2D eigenvalue weighted by molar-refractivity contribution is -0.119. The van der Waals surface area contributed by atoms with E-state index in [4.69, 9.17) is 16.0 Å². The van der Waals surface area contributed by atoms with Crippen molar-refractivity contribution in [2.75, 3.05) is 11.1 Å². The van der Waals surface area contributed by atoms with E-state index in [2.05, 4.69) is 26.4 Å². The van der Waals surface area contributed by atoms with Crippen molar-refractivity contribution >= 4 is 57.3 Å². The Balaban J connectivity index is 1.44. The summed E-state index contributed by atoms with van der Waals surface area (Å²) in [6, 6.07) is 10.3. The second-order valence-corrected chi connectivity index (χ2v) is 7.41. The fraction of sp³-hybridized carbons (Fsp3) is 0.0667. The van der Waals surface area contributed by atoms with Gasteiger partial charge in [-0.25, -0.2) is 0 Å². The van der Waals surface area contributed by atoms with Gasteiger partial charge in [0.15, 0.2) is 10.1 Å². The molecule has 2 heterocycles. The average Bonchev–Trinajstić information content (AvgIpc) is 3.30. The lowest BCUT2D eigenvalue weighted by Crippen LogP contribution is -2.42. The SMILES string of the molecule is O=C(CSc1nnc(Nc2cccc(Cl)c2)s1)NNC(=O)c1ccco1. The topological polar surface area (TPSA) is 109 Å². The van der Waals surface area contributed by atoms with Crippen molar-refractivity contribution in [3.63, 3.8) is 0 Å². The number of carbonyl (C=O) groups excluding carboxylic acids is 2. The number of furan rings is 1. The molecule has 0 aliphatic carbocycles. The number of hydrogen-bond acceptors (Lipinski definition) is 8. The third-order valence-electron chi connectivity index (χ3n) is 2.87. The molecule has 2 amide bonds. The van der Waals surface area contributed by atoms with E-state index in [0.29, 0.717) is 14.5 Å². The summed E-state index contributed by atoms with van der Waals surface area (Å²) in [5.41, 5.74) is 5.36. The molecule has 3 N–H and O–H groups in total. The van der Waals surface area contributed by atoms with Crippen molar-refractivity contribution in [3.05, 3.63) is 53.4 Å². The van der Waals surface area contributed by atoms with Crippen molar-refractivity contribution in [2.24, 2.45) is 0 Å². The van der Waals surface area contributed by atoms with E-state index in [0.717, 1.165) is 5.69 Å². The molecule has 3 rings (SSSR count). The second-order valence-electron chi connectivity index (χ2n) is 4.78. The Kier molecular flexibility index (Phi) is 6.10. The third-order valence-corrected chi connectivity index (χ3v) is 5.08. The minimum atomic E-state index is -0.530. The molecule has 0 bridgehead atoms. The maximum atomic E-state index is 11.8. The summed E-state index contributed by atoms with van der Waals surface area (Å²) in [6.45, 7) is 0. The third kappa shape index (κ3) is 5.22. The Morgan fingerprint density at radius 3 is 2.85 bits per heavy atom. The highest BCUT2D eigenvalue weighted by atomic mass is 35.5. The fourth-order valence-electron chi connectivity index (χ4n) is 1.77. The minimum absolute atomic E-state index is 0.0736. The molecule has 0 radical (unpaired) electrons. The highest BCUT2D eigenvalue weighted by molar-refractivity contribution is 8.01. The second kappa shape index (κ2) is 8.70. The molecule has 8 nitrogen and oxygen atoms in total. The van der Waals surface area contributed by atoms with E-state index in [9.17, 15) is 9.59 Å². The Morgan fingerprint density at radius 1 is 1.19 bits per heavy atom. The summed E-state index contributed by atoms with van der Waals surface area (Å²) in [4.78, 5) is 23.4. The zero-order valence-corrected chi connectivity index (χ0v) is 15.5. The Bertz CT molecular complexity index is 900. The quantitative estimate of drug-likeness (QED) is 0.424. The summed E-state index contributed by atoms with van der Waals surface area (Å²) in [5.74, 6) is -0.727. The molecular formula is C15H12ClN5O3S2. The van der Waals surface area contributed by atoms with Crippen molar-refractivity contribution in [2.45, 2.75) is 4.34 Å². The maximum absolute atomic E-state index is 11.8. The van der Waals surface area contributed by atoms with E-state index in [1.165, 1.54) is 35.4 Å². The van der Waals surface area contributed by atoms with E-state index >= 15 is 0 Å². The first-order valence-corrected chi connectivity index (χ1v) is 9.40. The van der Waals surface area contributed by atoms with E-state index in [1.54, 1.807) is 18.2 Å². The number of hydrazine groups is 1. The van der Waals surface area contributed by atoms with Crippen LogP contribution < -0.4 is 16.2 Å². The number of amides is 2. The van der Waals surface area contributed by atoms with Crippen LogP contribution in [0.1, 0.15) is 10.6 Å². The molecule has 0 aliphatic heterocycles. The van der Waals surface area contributed by atoms with Crippen LogP contribution in [0.15, 0.2) is 51.4 Å². The van der Waals surface area contributed by atoms with E-state index < -0.39 is 5.91 Å². The summed E-state index contributed by atoms with van der Waals surface area (Å²) in [6.07, 6.45) is 1.37. The van der Waals surface area contributed by atoms with E-state index in [1.807, 2.05) is 12.1 Å². The molecule has 0 atom stereocenters. The summed E-state index contributed by atoms with van der Waals surface area (Å²) in [7, 11) is 0. The number of thioether (sulfide) groups is 1. The van der Waals surface area contributed by atoms with Crippen LogP contribution in [-0.2, 0) is 4.79 Å². The van der Waals surface area contributed by atoms with Gasteiger partial charge in [0.25, 0.3) is 0 Å². The van der Waals surface area contributed by atoms with Gasteiger partial charge in [-0.05, 0) is 30.3 Å². The predicted octanol–water partition coefficient (Wildman–Crippen LogP) is 3.08. The summed E-state index contributed by atoms with van der Waals surface area (Å²) < 4.78 is 5.53. The van der Waals surface area contributed by atoms with Gasteiger partial charge in [-0.3, -0.25) is 20.4 Å². The van der Waals surface area contributed by atoms with Crippen molar-refractivity contribution in [1.29, 1.82) is 0 Å². The molecule has 0 fully saturated rings. The zero-order chi connectivity index (χ0) is 18.4. The van der Waals surface area contributed by atoms with Gasteiger partial charge in [0, 0.05) is 10.7 Å². The number of carbonyl (C=O) groups is 2. The fourth-order valence-corrected chi connectivity index (χ4v) is 3.53. The van der Waals surface area contributed by atoms with Crippen LogP contribution in [0.5, 0.6) is 0 Å². The summed E-state index contributed by atoms with van der Waals surface area (Å²) >= 11 is 8.43. The zero-order valence-electron chi connectivity index (χ0n) is 13.1. The van der Waals surface area contributed by atoms with E-state index in [-0.39, 0.29) is 17.4 Å². The Labute approximate surface area is 161 Å². The normalized spacial score (nSPS) is 10.3. The van der Waals surface area contributed by atoms with Gasteiger partial charge >= 0.3 is 5.91 Å². The molecule has 0 unspecified atom stereocenters. The first-order valence-electron chi connectivity index (χ1n) is 7.22. The number of aromatic nitrogens is 2. The van der Waals surface area contributed by atoms with Crippen LogP contribution >= 0.6 is 34.7 Å². The van der Waals surface area contributed by atoms with Gasteiger partial charge < -0.3 is 9.73 Å². The van der Waals surface area contributed by atoms with Crippen LogP contribution in [0, 0.1) is 0 Å². The maximum Gasteiger partial charge on any atom is 0.305 e. The van der Waals surface area contributed by atoms with Crippen LogP contribution in [0.3, 0.4) is 0 Å². The predicted molar refractivity (Wildman–Crippen MR) is 99.7 cm³/mol. The van der Waals surface area contributed by atoms with Gasteiger partial charge in [0.2, 0.25) is 11.0 Å². The molecule has 134 valence electrons. The molecule has 11 heteroatoms. The minimum Gasteiger partial charge on any atom is -0.459 e. The molecule has 0 saturated heterocycles. The lowest BCUT2D eigenvalue weighted by atomic mass is 10.3. The van der Waals surface area contributed by atoms with Crippen LogP contribution in [0.4, 0.5) is 10.8 Å². The molecule has 3 aromatic rings. The number of nitrogens with one attached hydrogen (secondary N) is 3. The highest BCUT2D eigenvalue weighted by Gasteiger charge is 2.11.